The Morgan fingerprint density at radius 2 is 1.97 bits per heavy atom. The van der Waals surface area contributed by atoms with Crippen molar-refractivity contribution in [2.24, 2.45) is 7.05 Å². The molecule has 16 heteroatoms. The molecule has 4 amide bonds. The van der Waals surface area contributed by atoms with E-state index in [4.69, 9.17) is 9.47 Å². The Hall–Kier alpha value is -4.47. The van der Waals surface area contributed by atoms with Gasteiger partial charge in [0.05, 0.1) is 24.5 Å². The van der Waals surface area contributed by atoms with Crippen LogP contribution >= 0.6 is 11.8 Å². The molecule has 1 aliphatic heterocycles. The van der Waals surface area contributed by atoms with E-state index < -0.39 is 52.9 Å². The Morgan fingerprint density at radius 3 is 2.59 bits per heavy atom. The minimum absolute atomic E-state index is 0.0202. The van der Waals surface area contributed by atoms with Crippen LogP contribution in [0.5, 0.6) is 5.75 Å². The fraction of sp³-hybridized carbons (Fsp3) is 0.391. The standard InChI is InChI=1S/C23H26N6O9S/c1-13(30)37-11-14-4-5-17(38-12-15-8-25-23(27(15)2)29(35)36)16(6-14)26-19(31)9-24-20(32)10-28-21(33)7-18(39-3)22(28)34/h4-6,8,18H,7,9-12H2,1-3H3,(H,24,32)(H,26,31). The van der Waals surface area contributed by atoms with Gasteiger partial charge in [-0.3, -0.25) is 28.9 Å². The Labute approximate surface area is 226 Å². The van der Waals surface area contributed by atoms with E-state index in [-0.39, 0.29) is 37.0 Å². The normalized spacial score (nSPS) is 14.7. The minimum Gasteiger partial charge on any atom is -0.484 e. The zero-order valence-electron chi connectivity index (χ0n) is 21.3. The Balaban J connectivity index is 1.65. The number of carbonyl (C=O) groups excluding carboxylic acids is 5. The third kappa shape index (κ3) is 7.53. The van der Waals surface area contributed by atoms with Crippen molar-refractivity contribution in [3.05, 3.63) is 45.8 Å². The van der Waals surface area contributed by atoms with Crippen LogP contribution in [0.3, 0.4) is 0 Å². The van der Waals surface area contributed by atoms with Crippen molar-refractivity contribution < 1.29 is 38.4 Å². The predicted molar refractivity (Wildman–Crippen MR) is 136 cm³/mol. The molecule has 0 saturated carbocycles. The van der Waals surface area contributed by atoms with E-state index in [1.165, 1.54) is 48.6 Å². The summed E-state index contributed by atoms with van der Waals surface area (Å²) < 4.78 is 12.0. The SMILES string of the molecule is CSC1CC(=O)N(CC(=O)NCC(=O)Nc2cc(COC(C)=O)ccc2OCc2cnc([N+](=O)[O-])n2C)C1=O. The zero-order chi connectivity index (χ0) is 28.7. The number of hydrogen-bond donors (Lipinski definition) is 2. The summed E-state index contributed by atoms with van der Waals surface area (Å²) in [5.41, 5.74) is 1.11. The highest BCUT2D eigenvalue weighted by atomic mass is 32.2. The topological polar surface area (TPSA) is 192 Å². The molecule has 2 heterocycles. The summed E-state index contributed by atoms with van der Waals surface area (Å²) in [5, 5.41) is 15.5. The van der Waals surface area contributed by atoms with Gasteiger partial charge in [-0.15, -0.1) is 0 Å². The smallest absolute Gasteiger partial charge is 0.434 e. The number of aromatic nitrogens is 2. The van der Waals surface area contributed by atoms with Gasteiger partial charge in [0.1, 0.15) is 31.7 Å². The third-order valence-corrected chi connectivity index (χ3v) is 6.53. The van der Waals surface area contributed by atoms with Crippen LogP contribution in [0.15, 0.2) is 24.4 Å². The zero-order valence-corrected chi connectivity index (χ0v) is 22.1. The van der Waals surface area contributed by atoms with Crippen LogP contribution in [0, 0.1) is 10.1 Å². The number of amides is 4. The molecule has 1 aliphatic rings. The van der Waals surface area contributed by atoms with Gasteiger partial charge in [-0.25, -0.2) is 4.57 Å². The highest BCUT2D eigenvalue weighted by Gasteiger charge is 2.38. The van der Waals surface area contributed by atoms with Gasteiger partial charge in [0.25, 0.3) is 0 Å². The lowest BCUT2D eigenvalue weighted by Crippen LogP contribution is -2.43. The lowest BCUT2D eigenvalue weighted by molar-refractivity contribution is -0.396. The van der Waals surface area contributed by atoms with Crippen molar-refractivity contribution in [2.75, 3.05) is 24.7 Å². The number of benzene rings is 1. The van der Waals surface area contributed by atoms with Crippen molar-refractivity contribution in [1.29, 1.82) is 0 Å². The Kier molecular flexibility index (Phi) is 9.59. The van der Waals surface area contributed by atoms with Crippen LogP contribution in [0.2, 0.25) is 0 Å². The number of ether oxygens (including phenoxy) is 2. The lowest BCUT2D eigenvalue weighted by atomic mass is 10.2. The van der Waals surface area contributed by atoms with Crippen molar-refractivity contribution in [1.82, 2.24) is 19.8 Å². The van der Waals surface area contributed by atoms with Crippen LogP contribution < -0.4 is 15.4 Å². The Morgan fingerprint density at radius 1 is 1.23 bits per heavy atom. The average molecular weight is 563 g/mol. The van der Waals surface area contributed by atoms with Crippen LogP contribution in [0.25, 0.3) is 0 Å². The molecule has 0 bridgehead atoms. The quantitative estimate of drug-likeness (QED) is 0.159. The van der Waals surface area contributed by atoms with Gasteiger partial charge in [-0.1, -0.05) is 11.1 Å². The summed E-state index contributed by atoms with van der Waals surface area (Å²) in [6.45, 7) is 0.0985. The largest absolute Gasteiger partial charge is 0.484 e. The van der Waals surface area contributed by atoms with E-state index in [0.29, 0.717) is 11.3 Å². The molecule has 1 aromatic heterocycles. The highest BCUT2D eigenvalue weighted by molar-refractivity contribution is 8.00. The molecule has 1 unspecified atom stereocenters. The number of thioether (sulfide) groups is 1. The molecule has 0 spiro atoms. The summed E-state index contributed by atoms with van der Waals surface area (Å²) in [6, 6.07) is 4.63. The minimum atomic E-state index is -0.688. The van der Waals surface area contributed by atoms with Crippen molar-refractivity contribution >= 4 is 53.0 Å². The molecule has 0 radical (unpaired) electrons. The lowest BCUT2D eigenvalue weighted by Gasteiger charge is -2.16. The summed E-state index contributed by atoms with van der Waals surface area (Å²) in [5.74, 6) is -2.90. The fourth-order valence-electron chi connectivity index (χ4n) is 3.54. The van der Waals surface area contributed by atoms with Crippen LogP contribution in [-0.2, 0) is 49.0 Å². The fourth-order valence-corrected chi connectivity index (χ4v) is 4.18. The molecule has 3 rings (SSSR count). The second kappa shape index (κ2) is 12.9. The van der Waals surface area contributed by atoms with Gasteiger partial charge < -0.3 is 30.2 Å². The second-order valence-corrected chi connectivity index (χ2v) is 9.38. The van der Waals surface area contributed by atoms with E-state index in [0.717, 1.165) is 4.90 Å². The summed E-state index contributed by atoms with van der Waals surface area (Å²) in [7, 11) is 1.46. The molecule has 39 heavy (non-hydrogen) atoms. The number of imide groups is 1. The maximum Gasteiger partial charge on any atom is 0.434 e. The summed E-state index contributed by atoms with van der Waals surface area (Å²) in [4.78, 5) is 75.2. The van der Waals surface area contributed by atoms with E-state index in [1.54, 1.807) is 12.3 Å². The number of nitrogens with one attached hydrogen (secondary N) is 2. The van der Waals surface area contributed by atoms with Gasteiger partial charge >= 0.3 is 11.9 Å². The van der Waals surface area contributed by atoms with Crippen LogP contribution in [-0.4, -0.2) is 73.6 Å². The number of carbonyl (C=O) groups is 5. The first-order valence-electron chi connectivity index (χ1n) is 11.5. The van der Waals surface area contributed by atoms with Gasteiger partial charge in [0, 0.05) is 13.3 Å². The summed E-state index contributed by atoms with van der Waals surface area (Å²) in [6.07, 6.45) is 3.01. The monoisotopic (exact) mass is 562 g/mol. The molecule has 15 nitrogen and oxygen atoms in total. The van der Waals surface area contributed by atoms with Crippen molar-refractivity contribution in [3.8, 4) is 5.75 Å². The first-order valence-corrected chi connectivity index (χ1v) is 12.8. The average Bonchev–Trinajstić information content (AvgIpc) is 3.39. The number of imidazole rings is 1. The predicted octanol–water partition coefficient (Wildman–Crippen LogP) is 0.516. The maximum absolute atomic E-state index is 12.6. The maximum atomic E-state index is 12.6. The van der Waals surface area contributed by atoms with Gasteiger partial charge in [-0.2, -0.15) is 11.8 Å². The molecule has 208 valence electrons. The number of esters is 1. The van der Waals surface area contributed by atoms with Crippen LogP contribution in [0.1, 0.15) is 24.6 Å². The molecule has 2 aromatic rings. The number of nitro groups is 1. The third-order valence-electron chi connectivity index (χ3n) is 5.59. The molecule has 0 aliphatic carbocycles. The number of hydrogen-bond acceptors (Lipinski definition) is 11. The van der Waals surface area contributed by atoms with Crippen molar-refractivity contribution in [3.63, 3.8) is 0 Å². The Bertz CT molecular complexity index is 1310. The molecule has 1 atom stereocenters. The first kappa shape index (κ1) is 29.1. The van der Waals surface area contributed by atoms with Gasteiger partial charge in [0.2, 0.25) is 23.6 Å². The molecule has 1 aromatic carbocycles. The number of nitrogens with zero attached hydrogens (tertiary/aromatic N) is 4. The molecule has 1 fully saturated rings. The van der Waals surface area contributed by atoms with Crippen LogP contribution in [0.4, 0.5) is 11.6 Å². The number of rotatable bonds is 12. The molecule has 2 N–H and O–H groups in total. The first-order chi connectivity index (χ1) is 18.5. The number of likely N-dealkylation sites (tertiary alicyclic amines) is 1. The number of anilines is 1. The van der Waals surface area contributed by atoms with E-state index in [2.05, 4.69) is 15.6 Å². The molecular formula is C23H26N6O9S. The van der Waals surface area contributed by atoms with Crippen molar-refractivity contribution in [2.45, 2.75) is 31.8 Å². The summed E-state index contributed by atoms with van der Waals surface area (Å²) >= 11 is 1.23. The molecule has 1 saturated heterocycles. The van der Waals surface area contributed by atoms with E-state index >= 15 is 0 Å². The van der Waals surface area contributed by atoms with Gasteiger partial charge in [0.15, 0.2) is 5.69 Å². The van der Waals surface area contributed by atoms with Gasteiger partial charge in [-0.05, 0) is 28.9 Å². The molecular weight excluding hydrogens is 536 g/mol. The van der Waals surface area contributed by atoms with E-state index in [1.807, 2.05) is 0 Å². The van der Waals surface area contributed by atoms with E-state index in [9.17, 15) is 34.1 Å². The second-order valence-electron chi connectivity index (χ2n) is 8.34. The highest BCUT2D eigenvalue weighted by Crippen LogP contribution is 2.28.